The Morgan fingerprint density at radius 3 is 2.84 bits per heavy atom. The minimum absolute atomic E-state index is 0.0676. The number of aliphatic hydroxyl groups is 1. The number of pyridine rings is 1. The fourth-order valence-electron chi connectivity index (χ4n) is 4.17. The molecule has 0 fully saturated rings. The van der Waals surface area contributed by atoms with Gasteiger partial charge in [0.1, 0.15) is 23.1 Å². The lowest BCUT2D eigenvalue weighted by atomic mass is 9.96. The minimum atomic E-state index is -0.443. The summed E-state index contributed by atoms with van der Waals surface area (Å²) in [6, 6.07) is 7.40. The van der Waals surface area contributed by atoms with Gasteiger partial charge in [-0.2, -0.15) is 5.10 Å². The lowest BCUT2D eigenvalue weighted by Gasteiger charge is -2.36. The Kier molecular flexibility index (Phi) is 7.95. The molecule has 0 bridgehead atoms. The van der Waals surface area contributed by atoms with Crippen LogP contribution in [0.4, 0.5) is 21.7 Å². The van der Waals surface area contributed by atoms with Crippen molar-refractivity contribution in [1.29, 1.82) is 0 Å². The molecule has 3 heterocycles. The van der Waals surface area contributed by atoms with Gasteiger partial charge < -0.3 is 25.8 Å². The van der Waals surface area contributed by atoms with Crippen LogP contribution in [0.1, 0.15) is 23.1 Å². The van der Waals surface area contributed by atoms with Crippen LogP contribution in [-0.4, -0.2) is 56.7 Å². The van der Waals surface area contributed by atoms with Crippen molar-refractivity contribution in [2.24, 2.45) is 17.8 Å². The molecule has 0 saturated carbocycles. The van der Waals surface area contributed by atoms with Crippen molar-refractivity contribution in [2.45, 2.75) is 32.5 Å². The average Bonchev–Trinajstić information content (AvgIpc) is 3.28. The number of aromatic nitrogens is 3. The SMILES string of the molecule is COC[C@H]1CC(C=Nc2cc(Nc3ccnn3C)ncc2C)=C(N)C(=O)N1Cc1cc(F)ccc1CO. The summed E-state index contributed by atoms with van der Waals surface area (Å²) < 4.78 is 21.0. The second-order valence-corrected chi connectivity index (χ2v) is 8.84. The first-order valence-corrected chi connectivity index (χ1v) is 11.7. The molecule has 11 heteroatoms. The van der Waals surface area contributed by atoms with Crippen LogP contribution in [0.15, 0.2) is 59.0 Å². The number of carbonyl (C=O) groups excluding carboxylic acids is 1. The molecule has 10 nitrogen and oxygen atoms in total. The normalized spacial score (nSPS) is 16.2. The van der Waals surface area contributed by atoms with Crippen molar-refractivity contribution in [3.8, 4) is 0 Å². The van der Waals surface area contributed by atoms with E-state index in [-0.39, 0.29) is 31.5 Å². The lowest BCUT2D eigenvalue weighted by molar-refractivity contribution is -0.132. The van der Waals surface area contributed by atoms with Crippen LogP contribution < -0.4 is 11.1 Å². The van der Waals surface area contributed by atoms with Crippen molar-refractivity contribution in [3.63, 3.8) is 0 Å². The standard InChI is InChI=1S/C26H30FN7O3/c1-16-11-30-23(32-24-6-7-31-33(24)2)10-22(16)29-12-18-9-21(15-37-3)34(26(36)25(18)28)13-19-8-20(27)5-4-17(19)14-35/h4-8,10-12,21,35H,9,13-15,28H2,1-3H3,(H,30,32)/t21-/m1/s1. The molecule has 37 heavy (non-hydrogen) atoms. The first-order chi connectivity index (χ1) is 17.8. The number of rotatable bonds is 9. The highest BCUT2D eigenvalue weighted by Gasteiger charge is 2.33. The average molecular weight is 508 g/mol. The van der Waals surface area contributed by atoms with E-state index in [9.17, 15) is 14.3 Å². The highest BCUT2D eigenvalue weighted by Crippen LogP contribution is 2.27. The molecule has 0 spiro atoms. The van der Waals surface area contributed by atoms with Gasteiger partial charge in [-0.3, -0.25) is 14.5 Å². The van der Waals surface area contributed by atoms with Gasteiger partial charge in [0.25, 0.3) is 5.91 Å². The third-order valence-electron chi connectivity index (χ3n) is 6.28. The van der Waals surface area contributed by atoms with E-state index in [0.29, 0.717) is 34.6 Å². The zero-order chi connectivity index (χ0) is 26.5. The number of nitrogens with zero attached hydrogens (tertiary/aromatic N) is 5. The van der Waals surface area contributed by atoms with Crippen molar-refractivity contribution >= 4 is 29.4 Å². The molecule has 1 aliphatic heterocycles. The molecule has 0 saturated heterocycles. The predicted octanol–water partition coefficient (Wildman–Crippen LogP) is 2.86. The Morgan fingerprint density at radius 2 is 2.14 bits per heavy atom. The summed E-state index contributed by atoms with van der Waals surface area (Å²) in [4.78, 5) is 23.9. The number of hydrogen-bond donors (Lipinski definition) is 3. The van der Waals surface area contributed by atoms with Crippen molar-refractivity contribution in [3.05, 3.63) is 76.5 Å². The van der Waals surface area contributed by atoms with E-state index < -0.39 is 11.7 Å². The van der Waals surface area contributed by atoms with Gasteiger partial charge in [0, 0.05) is 50.8 Å². The lowest BCUT2D eigenvalue weighted by Crippen LogP contribution is -2.48. The van der Waals surface area contributed by atoms with E-state index >= 15 is 0 Å². The number of halogens is 1. The largest absolute Gasteiger partial charge is 0.394 e. The summed E-state index contributed by atoms with van der Waals surface area (Å²) in [7, 11) is 3.38. The zero-order valence-electron chi connectivity index (χ0n) is 21.0. The summed E-state index contributed by atoms with van der Waals surface area (Å²) in [5.74, 6) is 0.539. The molecule has 1 amide bonds. The quantitative estimate of drug-likeness (QED) is 0.380. The number of aliphatic hydroxyl groups excluding tert-OH is 1. The second-order valence-electron chi connectivity index (χ2n) is 8.84. The fourth-order valence-corrected chi connectivity index (χ4v) is 4.17. The number of aryl methyl sites for hydroxylation is 2. The topological polar surface area (TPSA) is 131 Å². The molecule has 194 valence electrons. The van der Waals surface area contributed by atoms with Gasteiger partial charge in [-0.1, -0.05) is 6.07 Å². The summed E-state index contributed by atoms with van der Waals surface area (Å²) in [5.41, 5.74) is 9.50. The van der Waals surface area contributed by atoms with Crippen LogP contribution in [0.2, 0.25) is 0 Å². The first kappa shape index (κ1) is 26.0. The minimum Gasteiger partial charge on any atom is -0.394 e. The Bertz CT molecular complexity index is 1350. The number of methoxy groups -OCH3 is 1. The van der Waals surface area contributed by atoms with E-state index in [0.717, 1.165) is 11.4 Å². The second kappa shape index (κ2) is 11.3. The molecule has 0 aliphatic carbocycles. The molecule has 4 N–H and O–H groups in total. The molecule has 1 atom stereocenters. The molecular formula is C26H30FN7O3. The Labute approximate surface area is 214 Å². The van der Waals surface area contributed by atoms with Gasteiger partial charge in [-0.05, 0) is 42.2 Å². The Balaban J connectivity index is 1.59. The number of anilines is 2. The summed E-state index contributed by atoms with van der Waals surface area (Å²) in [5, 5.41) is 17.0. The maximum atomic E-state index is 13.9. The molecular weight excluding hydrogens is 477 g/mol. The number of hydrogen-bond acceptors (Lipinski definition) is 8. The van der Waals surface area contributed by atoms with Crippen molar-refractivity contribution in [1.82, 2.24) is 19.7 Å². The number of aliphatic imine (C=N–C) groups is 1. The van der Waals surface area contributed by atoms with Crippen LogP contribution in [0.5, 0.6) is 0 Å². The molecule has 0 radical (unpaired) electrons. The molecule has 1 aromatic carbocycles. The molecule has 2 aromatic heterocycles. The Hall–Kier alpha value is -4.09. The summed E-state index contributed by atoms with van der Waals surface area (Å²) >= 11 is 0. The zero-order valence-corrected chi connectivity index (χ0v) is 21.0. The number of nitrogens with two attached hydrogens (primary N) is 1. The maximum Gasteiger partial charge on any atom is 0.270 e. The van der Waals surface area contributed by atoms with E-state index in [1.165, 1.54) is 18.2 Å². The molecule has 0 unspecified atom stereocenters. The highest BCUT2D eigenvalue weighted by molar-refractivity contribution is 6.01. The Morgan fingerprint density at radius 1 is 1.32 bits per heavy atom. The van der Waals surface area contributed by atoms with E-state index in [1.807, 2.05) is 20.0 Å². The highest BCUT2D eigenvalue weighted by atomic mass is 19.1. The van der Waals surface area contributed by atoms with Crippen molar-refractivity contribution < 1.29 is 19.0 Å². The van der Waals surface area contributed by atoms with Crippen molar-refractivity contribution in [2.75, 3.05) is 19.0 Å². The fraction of sp³-hybridized carbons (Fsp3) is 0.308. The molecule has 1 aliphatic rings. The van der Waals surface area contributed by atoms with E-state index in [1.54, 1.807) is 41.4 Å². The number of ether oxygens (including phenoxy) is 1. The number of benzene rings is 1. The molecule has 3 aromatic rings. The molecule has 4 rings (SSSR count). The number of amides is 1. The van der Waals surface area contributed by atoms with Gasteiger partial charge in [-0.25, -0.2) is 9.37 Å². The first-order valence-electron chi connectivity index (χ1n) is 11.7. The summed E-state index contributed by atoms with van der Waals surface area (Å²) in [6.45, 7) is 1.98. The van der Waals surface area contributed by atoms with Gasteiger partial charge in [0.05, 0.1) is 31.1 Å². The third-order valence-corrected chi connectivity index (χ3v) is 6.28. The van der Waals surface area contributed by atoms with Crippen LogP contribution in [0.3, 0.4) is 0 Å². The van der Waals surface area contributed by atoms with E-state index in [4.69, 9.17) is 10.5 Å². The number of carbonyl (C=O) groups is 1. The predicted molar refractivity (Wildman–Crippen MR) is 138 cm³/mol. The van der Waals surface area contributed by atoms with Gasteiger partial charge in [-0.15, -0.1) is 0 Å². The summed E-state index contributed by atoms with van der Waals surface area (Å²) in [6.07, 6.45) is 5.40. The smallest absolute Gasteiger partial charge is 0.270 e. The maximum absolute atomic E-state index is 13.9. The van der Waals surface area contributed by atoms with Gasteiger partial charge in [0.2, 0.25) is 0 Å². The van der Waals surface area contributed by atoms with E-state index in [2.05, 4.69) is 20.4 Å². The van der Waals surface area contributed by atoms with Gasteiger partial charge >= 0.3 is 0 Å². The van der Waals surface area contributed by atoms with Crippen LogP contribution in [-0.2, 0) is 29.7 Å². The number of nitrogens with one attached hydrogen (secondary N) is 1. The van der Waals surface area contributed by atoms with Crippen LogP contribution >= 0.6 is 0 Å². The van der Waals surface area contributed by atoms with Crippen LogP contribution in [0.25, 0.3) is 0 Å². The van der Waals surface area contributed by atoms with Crippen LogP contribution in [0, 0.1) is 12.7 Å². The van der Waals surface area contributed by atoms with Gasteiger partial charge in [0.15, 0.2) is 0 Å². The monoisotopic (exact) mass is 507 g/mol. The third kappa shape index (κ3) is 5.84.